The summed E-state index contributed by atoms with van der Waals surface area (Å²) in [7, 11) is 0. The van der Waals surface area contributed by atoms with Crippen molar-refractivity contribution in [2.45, 2.75) is 25.7 Å². The fourth-order valence-electron chi connectivity index (χ4n) is 1.75. The van der Waals surface area contributed by atoms with Crippen LogP contribution in [0.4, 0.5) is 0 Å². The Kier molecular flexibility index (Phi) is 5.38. The SMILES string of the molecule is O=C(CCC(=O)c1cccs1)CCC(=O)c1cccs1. The van der Waals surface area contributed by atoms with E-state index < -0.39 is 0 Å². The largest absolute Gasteiger partial charge is 0.300 e. The maximum absolute atomic E-state index is 11.7. The first-order valence-corrected chi connectivity index (χ1v) is 8.08. The molecule has 0 atom stereocenters. The topological polar surface area (TPSA) is 51.2 Å². The van der Waals surface area contributed by atoms with Crippen LogP contribution in [0.3, 0.4) is 0 Å². The van der Waals surface area contributed by atoms with E-state index >= 15 is 0 Å². The molecule has 0 saturated heterocycles. The molecule has 0 aliphatic rings. The summed E-state index contributed by atoms with van der Waals surface area (Å²) >= 11 is 2.77. The molecule has 0 amide bonds. The van der Waals surface area contributed by atoms with E-state index in [9.17, 15) is 14.4 Å². The minimum Gasteiger partial charge on any atom is -0.300 e. The minimum absolute atomic E-state index is 0.00191. The third kappa shape index (κ3) is 4.21. The molecule has 0 saturated carbocycles. The van der Waals surface area contributed by atoms with Crippen LogP contribution in [0.1, 0.15) is 45.0 Å². The van der Waals surface area contributed by atoms with Crippen molar-refractivity contribution >= 4 is 40.0 Å². The molecule has 2 aromatic heterocycles. The molecule has 0 aromatic carbocycles. The van der Waals surface area contributed by atoms with Crippen molar-refractivity contribution in [3.8, 4) is 0 Å². The third-order valence-electron chi connectivity index (χ3n) is 2.85. The van der Waals surface area contributed by atoms with E-state index in [-0.39, 0.29) is 43.0 Å². The molecule has 2 rings (SSSR count). The molecular formula is C15H14O3S2. The van der Waals surface area contributed by atoms with Crippen LogP contribution >= 0.6 is 22.7 Å². The smallest absolute Gasteiger partial charge is 0.173 e. The Morgan fingerprint density at radius 1 is 0.750 bits per heavy atom. The second-order valence-electron chi connectivity index (χ2n) is 4.34. The van der Waals surface area contributed by atoms with Gasteiger partial charge in [0.2, 0.25) is 0 Å². The lowest BCUT2D eigenvalue weighted by Gasteiger charge is -1.99. The van der Waals surface area contributed by atoms with Gasteiger partial charge in [0.15, 0.2) is 11.6 Å². The van der Waals surface area contributed by atoms with E-state index in [0.717, 1.165) is 0 Å². The number of hydrogen-bond acceptors (Lipinski definition) is 5. The fourth-order valence-corrected chi connectivity index (χ4v) is 3.14. The maximum atomic E-state index is 11.7. The van der Waals surface area contributed by atoms with Gasteiger partial charge >= 0.3 is 0 Å². The van der Waals surface area contributed by atoms with E-state index in [1.165, 1.54) is 22.7 Å². The number of carbonyl (C=O) groups is 3. The van der Waals surface area contributed by atoms with Gasteiger partial charge in [0.1, 0.15) is 5.78 Å². The molecule has 2 heterocycles. The Morgan fingerprint density at radius 2 is 1.20 bits per heavy atom. The summed E-state index contributed by atoms with van der Waals surface area (Å²) in [6, 6.07) is 7.16. The summed E-state index contributed by atoms with van der Waals surface area (Å²) in [6.45, 7) is 0. The molecule has 5 heteroatoms. The summed E-state index contributed by atoms with van der Waals surface area (Å²) in [6.07, 6.45) is 0.891. The van der Waals surface area contributed by atoms with E-state index in [4.69, 9.17) is 0 Å². The molecular weight excluding hydrogens is 292 g/mol. The number of rotatable bonds is 8. The summed E-state index contributed by atoms with van der Waals surface area (Å²) in [5.74, 6) is -0.0318. The first kappa shape index (κ1) is 14.8. The Bertz CT molecular complexity index is 530. The highest BCUT2D eigenvalue weighted by Crippen LogP contribution is 2.15. The van der Waals surface area contributed by atoms with Crippen molar-refractivity contribution in [2.75, 3.05) is 0 Å². The van der Waals surface area contributed by atoms with E-state index in [0.29, 0.717) is 9.75 Å². The average molecular weight is 306 g/mol. The number of thiophene rings is 2. The zero-order chi connectivity index (χ0) is 14.4. The Labute approximate surface area is 125 Å². The molecule has 0 fully saturated rings. The molecule has 2 aromatic rings. The van der Waals surface area contributed by atoms with Gasteiger partial charge < -0.3 is 0 Å². The Hall–Kier alpha value is -1.59. The first-order valence-electron chi connectivity index (χ1n) is 6.32. The molecule has 20 heavy (non-hydrogen) atoms. The standard InChI is InChI=1S/C15H14O3S2/c16-11(5-7-12(17)14-3-1-9-19-14)6-8-13(18)15-4-2-10-20-15/h1-4,9-10H,5-8H2. The number of ketones is 3. The third-order valence-corrected chi connectivity index (χ3v) is 4.68. The monoisotopic (exact) mass is 306 g/mol. The zero-order valence-corrected chi connectivity index (χ0v) is 12.5. The molecule has 3 nitrogen and oxygen atoms in total. The van der Waals surface area contributed by atoms with Crippen molar-refractivity contribution in [2.24, 2.45) is 0 Å². The molecule has 0 unspecified atom stereocenters. The zero-order valence-electron chi connectivity index (χ0n) is 10.8. The number of Topliss-reactive ketones (excluding diaryl/α,β-unsaturated/α-hetero) is 3. The van der Waals surface area contributed by atoms with Crippen LogP contribution in [0.5, 0.6) is 0 Å². The number of carbonyl (C=O) groups excluding carboxylic acids is 3. The van der Waals surface area contributed by atoms with Crippen LogP contribution in [0.15, 0.2) is 35.0 Å². The minimum atomic E-state index is -0.0280. The molecule has 0 spiro atoms. The van der Waals surface area contributed by atoms with Gasteiger partial charge in [0.05, 0.1) is 9.75 Å². The second-order valence-corrected chi connectivity index (χ2v) is 6.24. The molecule has 0 bridgehead atoms. The van der Waals surface area contributed by atoms with Gasteiger partial charge in [-0.3, -0.25) is 14.4 Å². The van der Waals surface area contributed by atoms with E-state index in [1.54, 1.807) is 12.1 Å². The molecule has 0 N–H and O–H groups in total. The van der Waals surface area contributed by atoms with Gasteiger partial charge in [-0.05, 0) is 22.9 Å². The van der Waals surface area contributed by atoms with Crippen molar-refractivity contribution in [1.82, 2.24) is 0 Å². The molecule has 0 aliphatic heterocycles. The molecule has 0 aliphatic carbocycles. The summed E-state index contributed by atoms with van der Waals surface area (Å²) in [5, 5.41) is 3.68. The highest BCUT2D eigenvalue weighted by molar-refractivity contribution is 7.12. The summed E-state index contributed by atoms with van der Waals surface area (Å²) in [4.78, 5) is 36.5. The highest BCUT2D eigenvalue weighted by Gasteiger charge is 2.13. The summed E-state index contributed by atoms with van der Waals surface area (Å²) in [5.41, 5.74) is 0. The lowest BCUT2D eigenvalue weighted by Crippen LogP contribution is -2.06. The number of hydrogen-bond donors (Lipinski definition) is 0. The predicted octanol–water partition coefficient (Wildman–Crippen LogP) is 4.00. The normalized spacial score (nSPS) is 10.4. The van der Waals surface area contributed by atoms with E-state index in [2.05, 4.69) is 0 Å². The Morgan fingerprint density at radius 3 is 1.55 bits per heavy atom. The van der Waals surface area contributed by atoms with Gasteiger partial charge in [-0.1, -0.05) is 12.1 Å². The molecule has 0 radical (unpaired) electrons. The average Bonchev–Trinajstić information content (AvgIpc) is 3.14. The van der Waals surface area contributed by atoms with Gasteiger partial charge in [-0.15, -0.1) is 22.7 Å². The Balaban J connectivity index is 1.71. The quantitative estimate of drug-likeness (QED) is 0.693. The second kappa shape index (κ2) is 7.26. The van der Waals surface area contributed by atoms with Crippen molar-refractivity contribution < 1.29 is 14.4 Å². The highest BCUT2D eigenvalue weighted by atomic mass is 32.1. The van der Waals surface area contributed by atoms with Gasteiger partial charge in [-0.2, -0.15) is 0 Å². The van der Waals surface area contributed by atoms with Crippen LogP contribution in [0.2, 0.25) is 0 Å². The van der Waals surface area contributed by atoms with Gasteiger partial charge in [0, 0.05) is 25.7 Å². The lowest BCUT2D eigenvalue weighted by molar-refractivity contribution is -0.119. The molecule has 104 valence electrons. The fraction of sp³-hybridized carbons (Fsp3) is 0.267. The van der Waals surface area contributed by atoms with Crippen molar-refractivity contribution in [1.29, 1.82) is 0 Å². The van der Waals surface area contributed by atoms with Crippen LogP contribution in [0, 0.1) is 0 Å². The van der Waals surface area contributed by atoms with Crippen LogP contribution in [-0.4, -0.2) is 17.3 Å². The van der Waals surface area contributed by atoms with Gasteiger partial charge in [0.25, 0.3) is 0 Å². The van der Waals surface area contributed by atoms with Crippen molar-refractivity contribution in [3.63, 3.8) is 0 Å². The van der Waals surface area contributed by atoms with Crippen molar-refractivity contribution in [3.05, 3.63) is 44.8 Å². The van der Waals surface area contributed by atoms with Gasteiger partial charge in [-0.25, -0.2) is 0 Å². The maximum Gasteiger partial charge on any atom is 0.173 e. The lowest BCUT2D eigenvalue weighted by atomic mass is 10.1. The van der Waals surface area contributed by atoms with Crippen LogP contribution in [-0.2, 0) is 4.79 Å². The van der Waals surface area contributed by atoms with Crippen LogP contribution < -0.4 is 0 Å². The summed E-state index contributed by atoms with van der Waals surface area (Å²) < 4.78 is 0. The first-order chi connectivity index (χ1) is 9.66. The van der Waals surface area contributed by atoms with E-state index in [1.807, 2.05) is 22.9 Å². The predicted molar refractivity (Wildman–Crippen MR) is 80.8 cm³/mol. The van der Waals surface area contributed by atoms with Crippen LogP contribution in [0.25, 0.3) is 0 Å².